The van der Waals surface area contributed by atoms with E-state index in [9.17, 15) is 8.42 Å². The Balaban J connectivity index is 2.66. The molecule has 0 aliphatic rings. The van der Waals surface area contributed by atoms with Crippen LogP contribution in [0.1, 0.15) is 13.3 Å². The molecule has 1 aromatic heterocycles. The van der Waals surface area contributed by atoms with E-state index in [0.717, 1.165) is 5.39 Å². The molecule has 0 aliphatic carbocycles. The third-order valence-electron chi connectivity index (χ3n) is 2.25. The summed E-state index contributed by atoms with van der Waals surface area (Å²) in [6.45, 7) is 1.85. The maximum atomic E-state index is 11.9. The largest absolute Gasteiger partial charge is 0.276 e. The molecule has 5 heteroatoms. The second kappa shape index (κ2) is 3.66. The van der Waals surface area contributed by atoms with Gasteiger partial charge in [0.05, 0.1) is 22.4 Å². The van der Waals surface area contributed by atoms with Gasteiger partial charge in [-0.3, -0.25) is 5.10 Å². The summed E-state index contributed by atoms with van der Waals surface area (Å²) in [6.07, 6.45) is 2.24. The zero-order valence-corrected chi connectivity index (χ0v) is 9.21. The Morgan fingerprint density at radius 3 is 2.93 bits per heavy atom. The van der Waals surface area contributed by atoms with Crippen LogP contribution in [0.4, 0.5) is 0 Å². The lowest BCUT2D eigenvalue weighted by atomic mass is 10.3. The third kappa shape index (κ3) is 1.74. The average Bonchev–Trinajstić information content (AvgIpc) is 2.64. The summed E-state index contributed by atoms with van der Waals surface area (Å²) in [7, 11) is -3.18. The first-order valence-electron chi connectivity index (χ1n) is 4.80. The highest BCUT2D eigenvalue weighted by molar-refractivity contribution is 7.91. The highest BCUT2D eigenvalue weighted by Gasteiger charge is 2.16. The Morgan fingerprint density at radius 2 is 2.20 bits per heavy atom. The minimum Gasteiger partial charge on any atom is -0.276 e. The van der Waals surface area contributed by atoms with Crippen LogP contribution in [0, 0.1) is 0 Å². The highest BCUT2D eigenvalue weighted by atomic mass is 32.2. The number of rotatable bonds is 3. The predicted octanol–water partition coefficient (Wildman–Crippen LogP) is 1.75. The Labute approximate surface area is 88.2 Å². The number of aromatic nitrogens is 2. The molecule has 0 spiro atoms. The molecule has 2 rings (SSSR count). The summed E-state index contributed by atoms with van der Waals surface area (Å²) >= 11 is 0. The first-order chi connectivity index (χ1) is 7.15. The predicted molar refractivity (Wildman–Crippen MR) is 58.4 cm³/mol. The average molecular weight is 224 g/mol. The number of para-hydroxylation sites is 1. The van der Waals surface area contributed by atoms with Crippen LogP contribution in [0.2, 0.25) is 0 Å². The molecule has 0 fully saturated rings. The van der Waals surface area contributed by atoms with E-state index in [4.69, 9.17) is 0 Å². The summed E-state index contributed by atoms with van der Waals surface area (Å²) < 4.78 is 23.8. The topological polar surface area (TPSA) is 62.8 Å². The van der Waals surface area contributed by atoms with Crippen molar-refractivity contribution < 1.29 is 8.42 Å². The van der Waals surface area contributed by atoms with Crippen molar-refractivity contribution in [2.24, 2.45) is 0 Å². The second-order valence-electron chi connectivity index (χ2n) is 3.41. The van der Waals surface area contributed by atoms with Gasteiger partial charge >= 0.3 is 0 Å². The summed E-state index contributed by atoms with van der Waals surface area (Å²) in [5.74, 6) is 0.172. The number of hydrogen-bond acceptors (Lipinski definition) is 3. The molecule has 0 radical (unpaired) electrons. The van der Waals surface area contributed by atoms with E-state index in [1.54, 1.807) is 18.3 Å². The summed E-state index contributed by atoms with van der Waals surface area (Å²) in [5.41, 5.74) is 0.603. The number of sulfone groups is 1. The first kappa shape index (κ1) is 10.2. The van der Waals surface area contributed by atoms with Gasteiger partial charge in [-0.2, -0.15) is 5.10 Å². The van der Waals surface area contributed by atoms with Gasteiger partial charge in [-0.25, -0.2) is 8.42 Å². The SMILES string of the molecule is CCCS(=O)(=O)c1cccc2cn[nH]c12. The number of nitrogens with one attached hydrogen (secondary N) is 1. The van der Waals surface area contributed by atoms with Gasteiger partial charge in [0.2, 0.25) is 0 Å². The van der Waals surface area contributed by atoms with Crippen LogP contribution in [0.5, 0.6) is 0 Å². The van der Waals surface area contributed by atoms with Gasteiger partial charge in [0.1, 0.15) is 0 Å². The zero-order chi connectivity index (χ0) is 10.9. The molecular formula is C10H12N2O2S. The quantitative estimate of drug-likeness (QED) is 0.863. The monoisotopic (exact) mass is 224 g/mol. The molecule has 0 aliphatic heterocycles. The molecule has 0 unspecified atom stereocenters. The van der Waals surface area contributed by atoms with E-state index < -0.39 is 9.84 Å². The van der Waals surface area contributed by atoms with Gasteiger partial charge < -0.3 is 0 Å². The van der Waals surface area contributed by atoms with Crippen molar-refractivity contribution in [3.05, 3.63) is 24.4 Å². The van der Waals surface area contributed by atoms with Crippen LogP contribution < -0.4 is 0 Å². The third-order valence-corrected chi connectivity index (χ3v) is 4.20. The van der Waals surface area contributed by atoms with E-state index in [1.807, 2.05) is 13.0 Å². The van der Waals surface area contributed by atoms with Crippen molar-refractivity contribution >= 4 is 20.7 Å². The maximum Gasteiger partial charge on any atom is 0.180 e. The van der Waals surface area contributed by atoms with E-state index in [2.05, 4.69) is 10.2 Å². The maximum absolute atomic E-state index is 11.9. The zero-order valence-electron chi connectivity index (χ0n) is 8.40. The van der Waals surface area contributed by atoms with Crippen molar-refractivity contribution in [3.8, 4) is 0 Å². The lowest BCUT2D eigenvalue weighted by Gasteiger charge is -2.03. The normalized spacial score (nSPS) is 12.1. The number of aromatic amines is 1. The van der Waals surface area contributed by atoms with Crippen LogP contribution in [-0.4, -0.2) is 24.4 Å². The first-order valence-corrected chi connectivity index (χ1v) is 6.45. The van der Waals surface area contributed by atoms with Gasteiger partial charge in [0.15, 0.2) is 9.84 Å². The fourth-order valence-electron chi connectivity index (χ4n) is 1.58. The van der Waals surface area contributed by atoms with Gasteiger partial charge in [-0.15, -0.1) is 0 Å². The smallest absolute Gasteiger partial charge is 0.180 e. The van der Waals surface area contributed by atoms with E-state index >= 15 is 0 Å². The molecule has 2 aromatic rings. The lowest BCUT2D eigenvalue weighted by molar-refractivity contribution is 0.595. The molecule has 4 nitrogen and oxygen atoms in total. The van der Waals surface area contributed by atoms with Gasteiger partial charge in [-0.1, -0.05) is 19.1 Å². The summed E-state index contributed by atoms with van der Waals surface area (Å²) in [6, 6.07) is 5.19. The van der Waals surface area contributed by atoms with Crippen molar-refractivity contribution in [2.45, 2.75) is 18.2 Å². The molecule has 1 N–H and O–H groups in total. The summed E-state index contributed by atoms with van der Waals surface area (Å²) in [5, 5.41) is 7.40. The molecule has 1 aromatic carbocycles. The molecule has 80 valence electrons. The molecule has 1 heterocycles. The fraction of sp³-hybridized carbons (Fsp3) is 0.300. The van der Waals surface area contributed by atoms with Crippen molar-refractivity contribution in [1.82, 2.24) is 10.2 Å². The van der Waals surface area contributed by atoms with Gasteiger partial charge in [-0.05, 0) is 12.5 Å². The Bertz CT molecular complexity index is 572. The van der Waals surface area contributed by atoms with E-state index in [-0.39, 0.29) is 5.75 Å². The van der Waals surface area contributed by atoms with Crippen LogP contribution in [0.25, 0.3) is 10.9 Å². The van der Waals surface area contributed by atoms with Crippen molar-refractivity contribution in [1.29, 1.82) is 0 Å². The number of H-pyrrole nitrogens is 1. The fourth-order valence-corrected chi connectivity index (χ4v) is 3.10. The molecule has 0 atom stereocenters. The Hall–Kier alpha value is -1.36. The lowest BCUT2D eigenvalue weighted by Crippen LogP contribution is -2.06. The molecule has 0 saturated carbocycles. The Morgan fingerprint density at radius 1 is 1.40 bits per heavy atom. The van der Waals surface area contributed by atoms with Crippen LogP contribution in [0.3, 0.4) is 0 Å². The number of fused-ring (bicyclic) bond motifs is 1. The number of hydrogen-bond donors (Lipinski definition) is 1. The second-order valence-corrected chi connectivity index (χ2v) is 5.49. The van der Waals surface area contributed by atoms with E-state index in [1.165, 1.54) is 0 Å². The van der Waals surface area contributed by atoms with Gasteiger partial charge in [0.25, 0.3) is 0 Å². The summed E-state index contributed by atoms with van der Waals surface area (Å²) in [4.78, 5) is 0.347. The molecule has 15 heavy (non-hydrogen) atoms. The van der Waals surface area contributed by atoms with Crippen LogP contribution in [0.15, 0.2) is 29.3 Å². The van der Waals surface area contributed by atoms with Crippen LogP contribution >= 0.6 is 0 Å². The standard InChI is InChI=1S/C10H12N2O2S/c1-2-6-15(13,14)9-5-3-4-8-7-11-12-10(8)9/h3-5,7H,2,6H2,1H3,(H,11,12). The molecule has 0 bridgehead atoms. The van der Waals surface area contributed by atoms with Gasteiger partial charge in [0, 0.05) is 5.39 Å². The molecule has 0 amide bonds. The minimum atomic E-state index is -3.18. The van der Waals surface area contributed by atoms with Crippen LogP contribution in [-0.2, 0) is 9.84 Å². The number of nitrogens with zero attached hydrogens (tertiary/aromatic N) is 1. The Kier molecular flexibility index (Phi) is 2.48. The molecular weight excluding hydrogens is 212 g/mol. The number of benzene rings is 1. The minimum absolute atomic E-state index is 0.172. The highest BCUT2D eigenvalue weighted by Crippen LogP contribution is 2.21. The van der Waals surface area contributed by atoms with Crippen molar-refractivity contribution in [3.63, 3.8) is 0 Å². The van der Waals surface area contributed by atoms with E-state index in [0.29, 0.717) is 16.8 Å². The van der Waals surface area contributed by atoms with Crippen molar-refractivity contribution in [2.75, 3.05) is 5.75 Å². The molecule has 0 saturated heterocycles.